The van der Waals surface area contributed by atoms with Gasteiger partial charge in [0.15, 0.2) is 0 Å². The number of hydrogen-bond donors (Lipinski definition) is 0. The van der Waals surface area contributed by atoms with Crippen LogP contribution in [-0.2, 0) is 0 Å². The number of rotatable bonds is 2. The number of fused-ring (bicyclic) bond motifs is 18. The molecule has 0 spiro atoms. The molecule has 262 valence electrons. The molecule has 0 saturated carbocycles. The Hall–Kier alpha value is -7.44. The maximum Gasteiger partial charge on any atom is 0.147 e. The van der Waals surface area contributed by atoms with E-state index in [-0.39, 0.29) is 6.04 Å². The summed E-state index contributed by atoms with van der Waals surface area (Å²) in [5.74, 6) is 0.294. The molecule has 6 nitrogen and oxygen atoms in total. The molecule has 5 heterocycles. The van der Waals surface area contributed by atoms with Gasteiger partial charge in [-0.25, -0.2) is 9.97 Å². The fourth-order valence-corrected chi connectivity index (χ4v) is 9.78. The molecule has 4 aromatic heterocycles. The average Bonchev–Trinajstić information content (AvgIpc) is 4.01. The lowest BCUT2D eigenvalue weighted by Crippen LogP contribution is -2.28. The van der Waals surface area contributed by atoms with Crippen molar-refractivity contribution >= 4 is 88.3 Å². The molecule has 2 aliphatic rings. The molecule has 0 amide bonds. The molecule has 1 aliphatic heterocycles. The van der Waals surface area contributed by atoms with E-state index in [0.717, 1.165) is 66.5 Å². The summed E-state index contributed by atoms with van der Waals surface area (Å²) in [6.07, 6.45) is 9.04. The lowest BCUT2D eigenvalue weighted by molar-refractivity contribution is 0.745. The predicted molar refractivity (Wildman–Crippen MR) is 231 cm³/mol. The van der Waals surface area contributed by atoms with Gasteiger partial charge in [-0.05, 0) is 84.4 Å². The van der Waals surface area contributed by atoms with Gasteiger partial charge in [0.1, 0.15) is 11.3 Å². The molecular formula is C50H32N6. The molecule has 56 heavy (non-hydrogen) atoms. The van der Waals surface area contributed by atoms with E-state index in [0.29, 0.717) is 5.92 Å². The van der Waals surface area contributed by atoms with E-state index in [4.69, 9.17) is 9.97 Å². The van der Waals surface area contributed by atoms with Crippen LogP contribution in [0, 0.1) is 0 Å². The summed E-state index contributed by atoms with van der Waals surface area (Å²) < 4.78 is 7.10. The minimum absolute atomic E-state index is 0.187. The Morgan fingerprint density at radius 3 is 1.59 bits per heavy atom. The molecule has 1 aliphatic carbocycles. The van der Waals surface area contributed by atoms with Gasteiger partial charge < -0.3 is 9.47 Å². The Balaban J connectivity index is 1.20. The number of hydrogen-bond acceptors (Lipinski definition) is 3. The van der Waals surface area contributed by atoms with Crippen LogP contribution in [0.3, 0.4) is 0 Å². The summed E-state index contributed by atoms with van der Waals surface area (Å²) >= 11 is 0. The number of para-hydroxylation sites is 7. The fourth-order valence-electron chi connectivity index (χ4n) is 9.78. The standard InChI is InChI=1S/C50H32N6/c1-7-19-41-33(13-1)34-14-2-8-20-42(34)53(41)31-25-27-45-37(29-31)49-51-39-17-5-12-24-48(39)56(49)46-28-26-32(30-38(46)50-52-40-18-6-11-23-47(40)55(45)50)54-43-21-9-3-15-35(43)36-16-4-10-22-44(36)54/h1-30,33,41H. The van der Waals surface area contributed by atoms with E-state index >= 15 is 0 Å². The van der Waals surface area contributed by atoms with Crippen LogP contribution in [0.25, 0.3) is 82.7 Å². The first kappa shape index (κ1) is 29.9. The smallest absolute Gasteiger partial charge is 0.147 e. The van der Waals surface area contributed by atoms with Crippen molar-refractivity contribution in [2.24, 2.45) is 0 Å². The second-order valence-corrected chi connectivity index (χ2v) is 15.0. The van der Waals surface area contributed by atoms with Crippen molar-refractivity contribution in [3.05, 3.63) is 188 Å². The Labute approximate surface area is 320 Å². The van der Waals surface area contributed by atoms with Crippen molar-refractivity contribution in [2.75, 3.05) is 4.90 Å². The van der Waals surface area contributed by atoms with Crippen molar-refractivity contribution in [3.8, 4) is 5.69 Å². The van der Waals surface area contributed by atoms with Crippen LogP contribution in [0.2, 0.25) is 0 Å². The van der Waals surface area contributed by atoms with Crippen molar-refractivity contribution < 1.29 is 0 Å². The highest BCUT2D eigenvalue weighted by Gasteiger charge is 2.37. The van der Waals surface area contributed by atoms with Gasteiger partial charge in [0.25, 0.3) is 0 Å². The Morgan fingerprint density at radius 2 is 0.929 bits per heavy atom. The van der Waals surface area contributed by atoms with Crippen LogP contribution < -0.4 is 4.90 Å². The third-order valence-electron chi connectivity index (χ3n) is 12.1. The molecule has 0 radical (unpaired) electrons. The first-order valence-electron chi connectivity index (χ1n) is 19.3. The van der Waals surface area contributed by atoms with Gasteiger partial charge in [-0.1, -0.05) is 103 Å². The average molecular weight is 717 g/mol. The molecule has 7 aromatic carbocycles. The van der Waals surface area contributed by atoms with E-state index in [2.05, 4.69) is 200 Å². The third-order valence-corrected chi connectivity index (χ3v) is 12.1. The number of benzene rings is 7. The normalized spacial score (nSPS) is 16.4. The number of aromatic nitrogens is 5. The molecule has 6 heteroatoms. The molecular weight excluding hydrogens is 685 g/mol. The summed E-state index contributed by atoms with van der Waals surface area (Å²) in [6, 6.07) is 57.2. The fraction of sp³-hybridized carbons (Fsp3) is 0.0400. The number of nitrogens with zero attached hydrogens (tertiary/aromatic N) is 6. The third kappa shape index (κ3) is 3.94. The van der Waals surface area contributed by atoms with Gasteiger partial charge in [-0.3, -0.25) is 8.80 Å². The van der Waals surface area contributed by atoms with Crippen molar-refractivity contribution in [1.82, 2.24) is 23.3 Å². The van der Waals surface area contributed by atoms with Crippen LogP contribution in [-0.4, -0.2) is 29.4 Å². The highest BCUT2D eigenvalue weighted by Crippen LogP contribution is 2.48. The van der Waals surface area contributed by atoms with E-state index in [1.165, 1.54) is 33.1 Å². The maximum absolute atomic E-state index is 5.46. The van der Waals surface area contributed by atoms with E-state index in [1.54, 1.807) is 0 Å². The van der Waals surface area contributed by atoms with Crippen molar-refractivity contribution in [1.29, 1.82) is 0 Å². The van der Waals surface area contributed by atoms with Crippen LogP contribution in [0.5, 0.6) is 0 Å². The Morgan fingerprint density at radius 1 is 0.411 bits per heavy atom. The summed E-state index contributed by atoms with van der Waals surface area (Å²) in [6.45, 7) is 0. The minimum Gasteiger partial charge on any atom is -0.333 e. The van der Waals surface area contributed by atoms with E-state index < -0.39 is 0 Å². The van der Waals surface area contributed by atoms with Gasteiger partial charge in [-0.15, -0.1) is 0 Å². The Bertz CT molecular complexity index is 3510. The quantitative estimate of drug-likeness (QED) is 0.179. The topological polar surface area (TPSA) is 42.8 Å². The molecule has 0 N–H and O–H groups in total. The van der Waals surface area contributed by atoms with Crippen LogP contribution >= 0.6 is 0 Å². The van der Waals surface area contributed by atoms with Crippen molar-refractivity contribution in [2.45, 2.75) is 12.0 Å². The summed E-state index contributed by atoms with van der Waals surface area (Å²) in [4.78, 5) is 13.4. The molecule has 0 bridgehead atoms. The summed E-state index contributed by atoms with van der Waals surface area (Å²) in [7, 11) is 0. The first-order valence-corrected chi connectivity index (χ1v) is 19.3. The van der Waals surface area contributed by atoms with Gasteiger partial charge in [-0.2, -0.15) is 0 Å². The van der Waals surface area contributed by atoms with Gasteiger partial charge in [0.05, 0.1) is 50.2 Å². The van der Waals surface area contributed by atoms with E-state index in [9.17, 15) is 0 Å². The molecule has 0 fully saturated rings. The molecule has 13 rings (SSSR count). The number of allylic oxidation sites excluding steroid dienone is 2. The van der Waals surface area contributed by atoms with Crippen molar-refractivity contribution in [3.63, 3.8) is 0 Å². The lowest BCUT2D eigenvalue weighted by atomic mass is 9.91. The van der Waals surface area contributed by atoms with Crippen LogP contribution in [0.1, 0.15) is 11.5 Å². The second kappa shape index (κ2) is 11.1. The molecule has 0 saturated heterocycles. The highest BCUT2D eigenvalue weighted by molar-refractivity contribution is 6.11. The zero-order valence-corrected chi connectivity index (χ0v) is 30.2. The van der Waals surface area contributed by atoms with Gasteiger partial charge in [0.2, 0.25) is 0 Å². The van der Waals surface area contributed by atoms with Gasteiger partial charge in [0, 0.05) is 44.5 Å². The maximum atomic E-state index is 5.46. The van der Waals surface area contributed by atoms with Gasteiger partial charge >= 0.3 is 0 Å². The summed E-state index contributed by atoms with van der Waals surface area (Å²) in [5, 5.41) is 4.56. The second-order valence-electron chi connectivity index (χ2n) is 15.0. The van der Waals surface area contributed by atoms with Crippen LogP contribution in [0.15, 0.2) is 182 Å². The highest BCUT2D eigenvalue weighted by atomic mass is 15.2. The molecule has 2 unspecified atom stereocenters. The zero-order chi connectivity index (χ0) is 36.5. The first-order chi connectivity index (χ1) is 27.8. The predicted octanol–water partition coefficient (Wildman–Crippen LogP) is 12.0. The van der Waals surface area contributed by atoms with Crippen LogP contribution in [0.4, 0.5) is 11.4 Å². The monoisotopic (exact) mass is 716 g/mol. The largest absolute Gasteiger partial charge is 0.333 e. The zero-order valence-electron chi connectivity index (χ0n) is 30.2. The Kier molecular flexibility index (Phi) is 5.91. The SMILES string of the molecule is C1=CC2c3ccccc3N(c3ccc4c(c3)c3nc5ccccc5n3c3ccc(-n5c6ccccc6c6ccccc65)cc3c3nc5ccccc5n43)C2C=C1. The number of imidazole rings is 2. The van der Waals surface area contributed by atoms with E-state index in [1.807, 2.05) is 0 Å². The molecule has 2 atom stereocenters. The molecule has 11 aromatic rings. The number of anilines is 2. The minimum atomic E-state index is 0.187. The lowest BCUT2D eigenvalue weighted by Gasteiger charge is -2.29. The summed E-state index contributed by atoms with van der Waals surface area (Å²) in [5.41, 5.74) is 15.1.